The first-order valence-corrected chi connectivity index (χ1v) is 20.6. The van der Waals surface area contributed by atoms with Gasteiger partial charge in [0.1, 0.15) is 22.3 Å². The second-order valence-electron chi connectivity index (χ2n) is 13.9. The molecule has 0 saturated heterocycles. The van der Waals surface area contributed by atoms with E-state index in [2.05, 4.69) is 158 Å². The topological polar surface area (TPSA) is 26.3 Å². The zero-order valence-electron chi connectivity index (χ0n) is 34.1. The smallest absolute Gasteiger partial charge is 0.143 e. The van der Waals surface area contributed by atoms with Crippen LogP contribution in [-0.4, -0.2) is 0 Å². The Morgan fingerprint density at radius 1 is 0.328 bits per heavy atom. The van der Waals surface area contributed by atoms with Crippen LogP contribution in [0.1, 0.15) is 41.5 Å². The van der Waals surface area contributed by atoms with E-state index in [1.807, 2.05) is 65.8 Å². The zero-order chi connectivity index (χ0) is 40.2. The van der Waals surface area contributed by atoms with Gasteiger partial charge in [0, 0.05) is 27.1 Å². The van der Waals surface area contributed by atoms with Gasteiger partial charge >= 0.3 is 0 Å². The lowest BCUT2D eigenvalue weighted by molar-refractivity contribution is 0.669. The lowest BCUT2D eigenvalue weighted by atomic mass is 9.85. The summed E-state index contributed by atoms with van der Waals surface area (Å²) in [7, 11) is 0. The standard InChI is InChI=1S/C48H28O2.C4H8.2C2H6/c1-2-12-30-28-45-42(26-29(30)11-1)41-27-33(23-24-44(41)49-45)47-38-18-5-3-16-36(38)46(37-17-4-6-19-39(37)47)32-14-9-13-31(25-32)34-20-10-21-40-35-15-7-8-22-43(35)50-48(34)40;1-3-4-2;2*1-2/h1-28H;3-4H,1-2H3;2*1-2H3/b;4-3-;;. The minimum atomic E-state index is 0.903. The molecule has 0 aliphatic heterocycles. The fourth-order valence-corrected chi connectivity index (χ4v) is 8.18. The van der Waals surface area contributed by atoms with E-state index in [0.29, 0.717) is 0 Å². The zero-order valence-corrected chi connectivity index (χ0v) is 34.1. The van der Waals surface area contributed by atoms with Crippen LogP contribution in [-0.2, 0) is 0 Å². The lowest BCUT2D eigenvalue weighted by Crippen LogP contribution is -1.91. The third kappa shape index (κ3) is 6.61. The van der Waals surface area contributed by atoms with Crippen molar-refractivity contribution < 1.29 is 8.83 Å². The summed E-state index contributed by atoms with van der Waals surface area (Å²) < 4.78 is 12.8. The van der Waals surface area contributed by atoms with E-state index in [9.17, 15) is 0 Å². The molecule has 0 aliphatic rings. The fourth-order valence-electron chi connectivity index (χ4n) is 8.18. The predicted octanol–water partition coefficient (Wildman–Crippen LogP) is 17.6. The van der Waals surface area contributed by atoms with Gasteiger partial charge in [0.25, 0.3) is 0 Å². The van der Waals surface area contributed by atoms with Crippen LogP contribution in [0.5, 0.6) is 0 Å². The minimum absolute atomic E-state index is 0.903. The Balaban J connectivity index is 0.000000548. The molecule has 2 aromatic heterocycles. The van der Waals surface area contributed by atoms with Crippen molar-refractivity contribution in [3.63, 3.8) is 0 Å². The number of hydrogen-bond acceptors (Lipinski definition) is 2. The molecular weight excluding hydrogens is 705 g/mol. The number of fused-ring (bicyclic) bond motifs is 9. The molecule has 11 rings (SSSR count). The summed E-state index contributed by atoms with van der Waals surface area (Å²) in [5.74, 6) is 0. The van der Waals surface area contributed by atoms with E-state index in [1.54, 1.807) is 0 Å². The van der Waals surface area contributed by atoms with Crippen molar-refractivity contribution >= 4 is 76.2 Å². The van der Waals surface area contributed by atoms with Crippen LogP contribution in [0.25, 0.3) is 110 Å². The Bertz CT molecular complexity index is 3180. The molecule has 0 fully saturated rings. The Kier molecular flexibility index (Phi) is 10.9. The molecule has 0 spiro atoms. The second-order valence-corrected chi connectivity index (χ2v) is 13.9. The molecule has 284 valence electrons. The fraction of sp³-hybridized carbons (Fsp3) is 0.107. The molecular formula is C56H48O2. The van der Waals surface area contributed by atoms with Crippen LogP contribution in [0.2, 0.25) is 0 Å². The third-order valence-corrected chi connectivity index (χ3v) is 10.8. The summed E-state index contributed by atoms with van der Waals surface area (Å²) in [6, 6.07) is 60.9. The molecule has 0 saturated carbocycles. The summed E-state index contributed by atoms with van der Waals surface area (Å²) in [5, 5.41) is 11.9. The molecule has 0 amide bonds. The first-order chi connectivity index (χ1) is 28.7. The van der Waals surface area contributed by atoms with Crippen molar-refractivity contribution in [3.05, 3.63) is 182 Å². The number of hydrogen-bond donors (Lipinski definition) is 0. The molecule has 9 aromatic carbocycles. The maximum atomic E-state index is 6.45. The normalized spacial score (nSPS) is 11.2. The van der Waals surface area contributed by atoms with Gasteiger partial charge in [-0.15, -0.1) is 0 Å². The van der Waals surface area contributed by atoms with E-state index in [-0.39, 0.29) is 0 Å². The van der Waals surface area contributed by atoms with Crippen molar-refractivity contribution in [2.24, 2.45) is 0 Å². The van der Waals surface area contributed by atoms with Crippen molar-refractivity contribution in [3.8, 4) is 33.4 Å². The monoisotopic (exact) mass is 752 g/mol. The molecule has 0 atom stereocenters. The lowest BCUT2D eigenvalue weighted by Gasteiger charge is -2.18. The van der Waals surface area contributed by atoms with E-state index >= 15 is 0 Å². The Morgan fingerprint density at radius 3 is 1.45 bits per heavy atom. The maximum Gasteiger partial charge on any atom is 0.143 e. The summed E-state index contributed by atoms with van der Waals surface area (Å²) in [4.78, 5) is 0. The summed E-state index contributed by atoms with van der Waals surface area (Å²) >= 11 is 0. The highest BCUT2D eigenvalue weighted by Crippen LogP contribution is 2.46. The molecule has 0 bridgehead atoms. The molecule has 2 nitrogen and oxygen atoms in total. The van der Waals surface area contributed by atoms with Crippen LogP contribution in [0, 0.1) is 0 Å². The Labute approximate surface area is 340 Å². The number of benzene rings is 9. The van der Waals surface area contributed by atoms with E-state index < -0.39 is 0 Å². The van der Waals surface area contributed by atoms with Crippen molar-refractivity contribution in [1.82, 2.24) is 0 Å². The summed E-state index contributed by atoms with van der Waals surface area (Å²) in [6.07, 6.45) is 4.00. The van der Waals surface area contributed by atoms with E-state index in [1.165, 1.54) is 54.6 Å². The molecule has 11 aromatic rings. The van der Waals surface area contributed by atoms with Crippen molar-refractivity contribution in [2.75, 3.05) is 0 Å². The molecule has 0 radical (unpaired) electrons. The number of furan rings is 2. The second kappa shape index (κ2) is 16.7. The average molecular weight is 753 g/mol. The highest BCUT2D eigenvalue weighted by Gasteiger charge is 2.19. The highest BCUT2D eigenvalue weighted by atomic mass is 16.3. The van der Waals surface area contributed by atoms with Gasteiger partial charge in [-0.05, 0) is 110 Å². The van der Waals surface area contributed by atoms with Crippen LogP contribution in [0.15, 0.2) is 191 Å². The van der Waals surface area contributed by atoms with Gasteiger partial charge in [-0.3, -0.25) is 0 Å². The van der Waals surface area contributed by atoms with Crippen molar-refractivity contribution in [1.29, 1.82) is 0 Å². The summed E-state index contributed by atoms with van der Waals surface area (Å²) in [6.45, 7) is 12.0. The van der Waals surface area contributed by atoms with Gasteiger partial charge in [-0.2, -0.15) is 0 Å². The molecule has 0 unspecified atom stereocenters. The van der Waals surface area contributed by atoms with Crippen molar-refractivity contribution in [2.45, 2.75) is 41.5 Å². The van der Waals surface area contributed by atoms with Gasteiger partial charge in [0.2, 0.25) is 0 Å². The van der Waals surface area contributed by atoms with Crippen LogP contribution < -0.4 is 0 Å². The average Bonchev–Trinajstić information content (AvgIpc) is 3.86. The predicted molar refractivity (Wildman–Crippen MR) is 253 cm³/mol. The molecule has 58 heavy (non-hydrogen) atoms. The van der Waals surface area contributed by atoms with E-state index in [0.717, 1.165) is 55.0 Å². The van der Waals surface area contributed by atoms with Gasteiger partial charge < -0.3 is 8.83 Å². The number of allylic oxidation sites excluding steroid dienone is 2. The van der Waals surface area contributed by atoms with Gasteiger partial charge in [0.15, 0.2) is 0 Å². The van der Waals surface area contributed by atoms with E-state index in [4.69, 9.17) is 8.83 Å². The molecule has 2 heterocycles. The van der Waals surface area contributed by atoms with Crippen LogP contribution in [0.4, 0.5) is 0 Å². The van der Waals surface area contributed by atoms with Gasteiger partial charge in [-0.25, -0.2) is 0 Å². The third-order valence-electron chi connectivity index (χ3n) is 10.8. The molecule has 0 N–H and O–H groups in total. The molecule has 0 aliphatic carbocycles. The largest absolute Gasteiger partial charge is 0.456 e. The number of para-hydroxylation sites is 2. The summed E-state index contributed by atoms with van der Waals surface area (Å²) in [5.41, 5.74) is 10.7. The quantitative estimate of drug-likeness (QED) is 0.133. The Hall–Kier alpha value is -6.90. The SMILES string of the molecule is C/C=C\C.CC.CC.c1cc(-c2c3ccccc3c(-c3ccc4oc5cc6ccccc6cc5c4c3)c3ccccc23)cc(-c2cccc3c2oc2ccccc23)c1. The first-order valence-electron chi connectivity index (χ1n) is 20.6. The maximum absolute atomic E-state index is 6.45. The Morgan fingerprint density at radius 2 is 0.810 bits per heavy atom. The van der Waals surface area contributed by atoms with Crippen LogP contribution >= 0.6 is 0 Å². The highest BCUT2D eigenvalue weighted by molar-refractivity contribution is 6.22. The minimum Gasteiger partial charge on any atom is -0.456 e. The van der Waals surface area contributed by atoms with Gasteiger partial charge in [0.05, 0.1) is 0 Å². The first kappa shape index (κ1) is 38.0. The van der Waals surface area contributed by atoms with Gasteiger partial charge in [-0.1, -0.05) is 173 Å². The molecule has 2 heteroatoms. The van der Waals surface area contributed by atoms with Crippen LogP contribution in [0.3, 0.4) is 0 Å². The number of rotatable bonds is 3.